The van der Waals surface area contributed by atoms with Crippen LogP contribution >= 0.6 is 0 Å². The van der Waals surface area contributed by atoms with Crippen LogP contribution in [0.1, 0.15) is 55.4 Å². The summed E-state index contributed by atoms with van der Waals surface area (Å²) in [6.07, 6.45) is 1.99. The fraction of sp³-hybridized carbons (Fsp3) is 0.842. The number of hydrogen-bond acceptors (Lipinski definition) is 5. The predicted octanol–water partition coefficient (Wildman–Crippen LogP) is 2.87. The van der Waals surface area contributed by atoms with Crippen LogP contribution in [0.4, 0.5) is 4.79 Å². The molecule has 2 fully saturated rings. The van der Waals surface area contributed by atoms with Crippen LogP contribution in [0, 0.1) is 0 Å². The number of rotatable bonds is 1. The zero-order valence-corrected chi connectivity index (χ0v) is 17.5. The third-order valence-corrected chi connectivity index (χ3v) is 5.99. The molecule has 3 rings (SSSR count). The van der Waals surface area contributed by atoms with Crippen LogP contribution in [-0.4, -0.2) is 71.5 Å². The van der Waals surface area contributed by atoms with Crippen LogP contribution in [-0.2, 0) is 14.0 Å². The van der Waals surface area contributed by atoms with Crippen molar-refractivity contribution < 1.29 is 18.8 Å². The molecule has 0 spiro atoms. The Balaban J connectivity index is 1.72. The minimum atomic E-state index is -0.479. The van der Waals surface area contributed by atoms with Crippen molar-refractivity contribution in [1.29, 1.82) is 0 Å². The van der Waals surface area contributed by atoms with Gasteiger partial charge in [0.1, 0.15) is 5.60 Å². The zero-order valence-electron chi connectivity index (χ0n) is 17.5. The third kappa shape index (κ3) is 3.53. The number of ether oxygens (including phenoxy) is 1. The second-order valence-corrected chi connectivity index (χ2v) is 9.71. The van der Waals surface area contributed by atoms with E-state index in [1.165, 1.54) is 0 Å². The summed E-state index contributed by atoms with van der Waals surface area (Å²) in [6.45, 7) is 18.4. The number of amides is 1. The summed E-state index contributed by atoms with van der Waals surface area (Å²) in [5.74, 6) is 0. The maximum atomic E-state index is 12.5. The molecule has 3 heterocycles. The number of hydrogen-bond donors (Lipinski definition) is 0. The summed E-state index contributed by atoms with van der Waals surface area (Å²) in [6, 6.07) is 0.226. The Bertz CT molecular complexity index is 595. The van der Waals surface area contributed by atoms with Gasteiger partial charge in [-0.1, -0.05) is 6.08 Å². The highest BCUT2D eigenvalue weighted by molar-refractivity contribution is 6.55. The van der Waals surface area contributed by atoms with Crippen molar-refractivity contribution in [2.24, 2.45) is 0 Å². The first-order chi connectivity index (χ1) is 11.8. The molecule has 2 atom stereocenters. The van der Waals surface area contributed by atoms with Gasteiger partial charge in [0.2, 0.25) is 0 Å². The molecule has 0 radical (unpaired) electrons. The van der Waals surface area contributed by atoms with Crippen LogP contribution in [0.2, 0.25) is 0 Å². The van der Waals surface area contributed by atoms with Gasteiger partial charge >= 0.3 is 13.2 Å². The summed E-state index contributed by atoms with van der Waals surface area (Å²) in [5.41, 5.74) is 0.00491. The van der Waals surface area contributed by atoms with Crippen molar-refractivity contribution in [3.8, 4) is 0 Å². The topological polar surface area (TPSA) is 51.2 Å². The molecular weight excluding hydrogens is 331 g/mol. The first-order valence-electron chi connectivity index (χ1n) is 9.61. The van der Waals surface area contributed by atoms with Gasteiger partial charge in [-0.25, -0.2) is 4.79 Å². The second kappa shape index (κ2) is 6.25. The summed E-state index contributed by atoms with van der Waals surface area (Å²) >= 11 is 0. The van der Waals surface area contributed by atoms with Crippen LogP contribution in [0.15, 0.2) is 11.5 Å². The van der Waals surface area contributed by atoms with Gasteiger partial charge in [-0.2, -0.15) is 0 Å². The van der Waals surface area contributed by atoms with Gasteiger partial charge in [-0.15, -0.1) is 0 Å². The first-order valence-corrected chi connectivity index (χ1v) is 9.61. The van der Waals surface area contributed by atoms with Gasteiger partial charge in [0.25, 0.3) is 0 Å². The van der Waals surface area contributed by atoms with Crippen LogP contribution in [0.5, 0.6) is 0 Å². The third-order valence-electron chi connectivity index (χ3n) is 5.99. The minimum Gasteiger partial charge on any atom is -0.444 e. The molecule has 6 nitrogen and oxygen atoms in total. The second-order valence-electron chi connectivity index (χ2n) is 9.71. The summed E-state index contributed by atoms with van der Waals surface area (Å²) in [7, 11) is -0.312. The molecule has 3 aliphatic rings. The summed E-state index contributed by atoms with van der Waals surface area (Å²) < 4.78 is 18.0. The lowest BCUT2D eigenvalue weighted by Crippen LogP contribution is -2.58. The van der Waals surface area contributed by atoms with Gasteiger partial charge in [0, 0.05) is 25.7 Å². The molecule has 2 saturated heterocycles. The maximum absolute atomic E-state index is 12.5. The Morgan fingerprint density at radius 2 is 1.77 bits per heavy atom. The Kier molecular flexibility index (Phi) is 4.73. The van der Waals surface area contributed by atoms with Gasteiger partial charge < -0.3 is 18.9 Å². The monoisotopic (exact) mass is 364 g/mol. The van der Waals surface area contributed by atoms with Crippen molar-refractivity contribution >= 4 is 13.2 Å². The summed E-state index contributed by atoms with van der Waals surface area (Å²) in [4.78, 5) is 16.8. The van der Waals surface area contributed by atoms with E-state index < -0.39 is 5.60 Å². The average molecular weight is 364 g/mol. The lowest BCUT2D eigenvalue weighted by molar-refractivity contribution is -0.00416. The minimum absolute atomic E-state index is 0.0542. The van der Waals surface area contributed by atoms with E-state index in [0.29, 0.717) is 6.54 Å². The smallest absolute Gasteiger partial charge is 0.444 e. The zero-order chi connectivity index (χ0) is 19.5. The highest BCUT2D eigenvalue weighted by Gasteiger charge is 2.54. The van der Waals surface area contributed by atoms with Gasteiger partial charge in [-0.05, 0) is 60.9 Å². The summed E-state index contributed by atoms with van der Waals surface area (Å²) in [5, 5.41) is 0. The van der Waals surface area contributed by atoms with E-state index in [9.17, 15) is 4.79 Å². The SMILES string of the molecule is C[C@H]1[C@@H]2C=C(B3OC(C)(C)C(C)(C)O3)CN2CCN1C(=O)OC(C)(C)C. The number of fused-ring (bicyclic) bond motifs is 1. The van der Waals surface area contributed by atoms with E-state index in [1.54, 1.807) is 0 Å². The lowest BCUT2D eigenvalue weighted by atomic mass is 9.78. The van der Waals surface area contributed by atoms with E-state index in [1.807, 2.05) is 25.7 Å². The quantitative estimate of drug-likeness (QED) is 0.670. The molecule has 7 heteroatoms. The van der Waals surface area contributed by atoms with Gasteiger partial charge in [-0.3, -0.25) is 4.90 Å². The molecule has 1 amide bonds. The molecule has 3 aliphatic heterocycles. The van der Waals surface area contributed by atoms with Crippen molar-refractivity contribution in [1.82, 2.24) is 9.80 Å². The first kappa shape index (κ1) is 19.7. The van der Waals surface area contributed by atoms with E-state index in [4.69, 9.17) is 14.0 Å². The van der Waals surface area contributed by atoms with Crippen molar-refractivity contribution in [2.45, 2.75) is 84.3 Å². The van der Waals surface area contributed by atoms with Crippen LogP contribution in [0.3, 0.4) is 0 Å². The highest BCUT2D eigenvalue weighted by Crippen LogP contribution is 2.40. The molecule has 0 unspecified atom stereocenters. The maximum Gasteiger partial charge on any atom is 0.491 e. The van der Waals surface area contributed by atoms with Crippen LogP contribution in [0.25, 0.3) is 0 Å². The molecule has 0 aromatic carbocycles. The fourth-order valence-electron chi connectivity index (χ4n) is 3.74. The standard InChI is InChI=1S/C19H33BN2O4/c1-13-15-11-14(20-25-18(5,6)19(7,8)26-20)12-21(15)9-10-22(13)16(23)24-17(2,3)4/h11,13,15H,9-10,12H2,1-8H3/t13-,15-/m0/s1. The lowest BCUT2D eigenvalue weighted by Gasteiger charge is -2.43. The molecule has 0 aromatic heterocycles. The van der Waals surface area contributed by atoms with Gasteiger partial charge in [0.05, 0.1) is 17.2 Å². The number of nitrogens with zero attached hydrogens (tertiary/aromatic N) is 2. The van der Waals surface area contributed by atoms with Crippen molar-refractivity contribution in [3.05, 3.63) is 11.5 Å². The molecule has 146 valence electrons. The molecule has 26 heavy (non-hydrogen) atoms. The van der Waals surface area contributed by atoms with Crippen LogP contribution < -0.4 is 0 Å². The Hall–Kier alpha value is -1.05. The molecule has 0 bridgehead atoms. The van der Waals surface area contributed by atoms with Gasteiger partial charge in [0.15, 0.2) is 0 Å². The molecule has 0 aliphatic carbocycles. The molecule has 0 N–H and O–H groups in total. The molecule has 0 aromatic rings. The Morgan fingerprint density at radius 1 is 1.19 bits per heavy atom. The number of carbonyl (C=O) groups excluding carboxylic acids is 1. The number of carbonyl (C=O) groups is 1. The number of piperazine rings is 1. The fourth-order valence-corrected chi connectivity index (χ4v) is 3.74. The van der Waals surface area contributed by atoms with Crippen molar-refractivity contribution in [2.75, 3.05) is 19.6 Å². The Labute approximate surface area is 158 Å². The predicted molar refractivity (Wildman–Crippen MR) is 102 cm³/mol. The Morgan fingerprint density at radius 3 is 2.31 bits per heavy atom. The van der Waals surface area contributed by atoms with E-state index in [2.05, 4.69) is 45.6 Å². The molecular formula is C19H33BN2O4. The van der Waals surface area contributed by atoms with E-state index in [0.717, 1.165) is 18.6 Å². The largest absolute Gasteiger partial charge is 0.491 e. The highest BCUT2D eigenvalue weighted by atomic mass is 16.7. The normalized spacial score (nSPS) is 31.0. The average Bonchev–Trinajstić information content (AvgIpc) is 2.97. The van der Waals surface area contributed by atoms with E-state index in [-0.39, 0.29) is 36.5 Å². The van der Waals surface area contributed by atoms with Crippen molar-refractivity contribution in [3.63, 3.8) is 0 Å². The van der Waals surface area contributed by atoms with E-state index >= 15 is 0 Å². The molecule has 0 saturated carbocycles.